The highest BCUT2D eigenvalue weighted by Crippen LogP contribution is 2.38. The zero-order valence-corrected chi connectivity index (χ0v) is 20.9. The summed E-state index contributed by atoms with van der Waals surface area (Å²) in [6, 6.07) is 16.1. The highest BCUT2D eigenvalue weighted by atomic mass is 35.5. The van der Waals surface area contributed by atoms with Crippen molar-refractivity contribution in [3.63, 3.8) is 0 Å². The van der Waals surface area contributed by atoms with Crippen LogP contribution in [-0.4, -0.2) is 54.3 Å². The van der Waals surface area contributed by atoms with Gasteiger partial charge in [-0.05, 0) is 65.4 Å². The predicted molar refractivity (Wildman–Crippen MR) is 137 cm³/mol. The van der Waals surface area contributed by atoms with E-state index < -0.39 is 0 Å². The molecule has 0 radical (unpaired) electrons. The van der Waals surface area contributed by atoms with Crippen LogP contribution < -0.4 is 4.90 Å². The number of carbonyl (C=O) groups is 2. The van der Waals surface area contributed by atoms with E-state index in [0.717, 1.165) is 17.7 Å². The largest absolute Gasteiger partial charge is 0.368 e. The highest BCUT2D eigenvalue weighted by molar-refractivity contribution is 7.10. The van der Waals surface area contributed by atoms with Crippen molar-refractivity contribution in [3.8, 4) is 0 Å². The minimum Gasteiger partial charge on any atom is -0.368 e. The van der Waals surface area contributed by atoms with Crippen LogP contribution in [0.15, 0.2) is 60.0 Å². The van der Waals surface area contributed by atoms with E-state index >= 15 is 0 Å². The number of nitrogens with zero attached hydrogens (tertiary/aromatic N) is 3. The van der Waals surface area contributed by atoms with Gasteiger partial charge in [0.25, 0.3) is 0 Å². The van der Waals surface area contributed by atoms with Gasteiger partial charge in [-0.25, -0.2) is 4.39 Å². The molecule has 2 aromatic carbocycles. The molecular weight excluding hydrogens is 485 g/mol. The van der Waals surface area contributed by atoms with Gasteiger partial charge in [-0.15, -0.1) is 11.3 Å². The first-order valence-electron chi connectivity index (χ1n) is 11.9. The Morgan fingerprint density at radius 1 is 0.886 bits per heavy atom. The van der Waals surface area contributed by atoms with Crippen molar-refractivity contribution in [1.82, 2.24) is 9.80 Å². The number of benzene rings is 2. The number of anilines is 1. The number of thiophene rings is 1. The van der Waals surface area contributed by atoms with Crippen LogP contribution >= 0.6 is 22.9 Å². The number of fused-ring (bicyclic) bond motifs is 1. The third-order valence-corrected chi connectivity index (χ3v) is 8.10. The first-order valence-corrected chi connectivity index (χ1v) is 13.1. The van der Waals surface area contributed by atoms with Crippen LogP contribution in [-0.2, 0) is 16.0 Å². The van der Waals surface area contributed by atoms with Gasteiger partial charge in [-0.1, -0.05) is 23.7 Å². The van der Waals surface area contributed by atoms with E-state index in [1.165, 1.54) is 22.6 Å². The smallest absolute Gasteiger partial charge is 0.223 e. The van der Waals surface area contributed by atoms with Gasteiger partial charge < -0.3 is 14.7 Å². The third-order valence-electron chi connectivity index (χ3n) is 6.85. The lowest BCUT2D eigenvalue weighted by atomic mass is 9.93. The van der Waals surface area contributed by atoms with Crippen LogP contribution in [0.4, 0.5) is 10.1 Å². The number of halogens is 2. The molecule has 1 saturated heterocycles. The molecule has 1 fully saturated rings. The van der Waals surface area contributed by atoms with Crippen molar-refractivity contribution in [3.05, 3.63) is 86.8 Å². The summed E-state index contributed by atoms with van der Waals surface area (Å²) in [5.41, 5.74) is 3.16. The van der Waals surface area contributed by atoms with Gasteiger partial charge in [0.2, 0.25) is 11.8 Å². The summed E-state index contributed by atoms with van der Waals surface area (Å²) < 4.78 is 13.2. The van der Waals surface area contributed by atoms with Crippen molar-refractivity contribution >= 4 is 40.4 Å². The van der Waals surface area contributed by atoms with Crippen LogP contribution in [0.1, 0.15) is 34.9 Å². The fraction of sp³-hybridized carbons (Fsp3) is 0.333. The minimum atomic E-state index is -0.255. The van der Waals surface area contributed by atoms with Crippen LogP contribution in [0.2, 0.25) is 5.02 Å². The topological polar surface area (TPSA) is 43.9 Å². The van der Waals surface area contributed by atoms with E-state index in [4.69, 9.17) is 11.6 Å². The Morgan fingerprint density at radius 3 is 2.29 bits per heavy atom. The molecular formula is C27H27ClFN3O2S. The zero-order valence-electron chi connectivity index (χ0n) is 19.3. The number of rotatable bonds is 5. The second-order valence-corrected chi connectivity index (χ2v) is 10.4. The maximum Gasteiger partial charge on any atom is 0.223 e. The molecule has 2 amide bonds. The Bertz CT molecular complexity index is 1190. The van der Waals surface area contributed by atoms with Gasteiger partial charge in [0.05, 0.1) is 6.04 Å². The number of amides is 2. The molecule has 3 heterocycles. The van der Waals surface area contributed by atoms with Gasteiger partial charge in [-0.2, -0.15) is 0 Å². The van der Waals surface area contributed by atoms with Crippen LogP contribution in [0.5, 0.6) is 0 Å². The summed E-state index contributed by atoms with van der Waals surface area (Å²) >= 11 is 7.83. The van der Waals surface area contributed by atoms with Crippen molar-refractivity contribution in [1.29, 1.82) is 0 Å². The Morgan fingerprint density at radius 2 is 1.57 bits per heavy atom. The Hall–Kier alpha value is -2.90. The van der Waals surface area contributed by atoms with E-state index in [0.29, 0.717) is 37.7 Å². The second-order valence-electron chi connectivity index (χ2n) is 8.93. The molecule has 0 bridgehead atoms. The summed E-state index contributed by atoms with van der Waals surface area (Å²) in [6.07, 6.45) is 1.23. The lowest BCUT2D eigenvalue weighted by molar-refractivity contribution is -0.138. The molecule has 0 spiro atoms. The molecule has 1 atom stereocenters. The molecule has 0 aliphatic carbocycles. The molecule has 1 aromatic heterocycles. The van der Waals surface area contributed by atoms with Gasteiger partial charge in [0, 0.05) is 61.2 Å². The first-order chi connectivity index (χ1) is 17.0. The fourth-order valence-electron chi connectivity index (χ4n) is 4.97. The van der Waals surface area contributed by atoms with E-state index in [1.54, 1.807) is 23.5 Å². The minimum absolute atomic E-state index is 0.0000909. The molecule has 2 aliphatic heterocycles. The number of carbonyl (C=O) groups excluding carboxylic acids is 2. The van der Waals surface area contributed by atoms with E-state index in [1.807, 2.05) is 34.1 Å². The van der Waals surface area contributed by atoms with Crippen LogP contribution in [0.25, 0.3) is 0 Å². The van der Waals surface area contributed by atoms with E-state index in [-0.39, 0.29) is 36.5 Å². The van der Waals surface area contributed by atoms with Gasteiger partial charge in [-0.3, -0.25) is 9.59 Å². The van der Waals surface area contributed by atoms with Gasteiger partial charge in [0.15, 0.2) is 0 Å². The summed E-state index contributed by atoms with van der Waals surface area (Å²) in [4.78, 5) is 33.4. The van der Waals surface area contributed by atoms with Crippen molar-refractivity contribution in [2.24, 2.45) is 0 Å². The van der Waals surface area contributed by atoms with Gasteiger partial charge in [0.1, 0.15) is 5.82 Å². The molecule has 5 nitrogen and oxygen atoms in total. The monoisotopic (exact) mass is 511 g/mol. The standard InChI is InChI=1S/C27H27ClFN3O2S/c28-20-3-1-19(2-4-20)27-23-12-18-35-24(23)11-13-32(27)26(34)10-9-25(33)31-16-14-30(15-17-31)22-7-5-21(29)6-8-22/h1-8,12,18,27H,9-11,13-17H2. The molecule has 182 valence electrons. The molecule has 8 heteroatoms. The van der Waals surface area contributed by atoms with Crippen molar-refractivity contribution in [2.45, 2.75) is 25.3 Å². The van der Waals surface area contributed by atoms with Gasteiger partial charge >= 0.3 is 0 Å². The summed E-state index contributed by atoms with van der Waals surface area (Å²) in [6.45, 7) is 3.22. The summed E-state index contributed by atoms with van der Waals surface area (Å²) in [5, 5.41) is 2.74. The van der Waals surface area contributed by atoms with E-state index in [2.05, 4.69) is 16.3 Å². The lowest BCUT2D eigenvalue weighted by Gasteiger charge is -2.37. The molecule has 3 aromatic rings. The Kier molecular flexibility index (Phi) is 7.07. The molecule has 1 unspecified atom stereocenters. The van der Waals surface area contributed by atoms with Crippen LogP contribution in [0.3, 0.4) is 0 Å². The molecule has 0 N–H and O–H groups in total. The maximum atomic E-state index is 13.3. The molecule has 0 saturated carbocycles. The maximum absolute atomic E-state index is 13.3. The quantitative estimate of drug-likeness (QED) is 0.476. The highest BCUT2D eigenvalue weighted by Gasteiger charge is 2.33. The normalized spacial score (nSPS) is 17.9. The van der Waals surface area contributed by atoms with Crippen LogP contribution in [0, 0.1) is 5.82 Å². The Labute approximate surface area is 213 Å². The SMILES string of the molecule is O=C(CCC(=O)N1CCc2sccc2C1c1ccc(Cl)cc1)N1CCN(c2ccc(F)cc2)CC1. The number of piperazine rings is 1. The second kappa shape index (κ2) is 10.4. The molecule has 2 aliphatic rings. The molecule has 35 heavy (non-hydrogen) atoms. The fourth-order valence-corrected chi connectivity index (χ4v) is 6.00. The predicted octanol–water partition coefficient (Wildman–Crippen LogP) is 5.14. The number of hydrogen-bond acceptors (Lipinski definition) is 4. The molecule has 5 rings (SSSR count). The third kappa shape index (κ3) is 5.21. The zero-order chi connectivity index (χ0) is 24.4. The first kappa shape index (κ1) is 23.8. The summed E-state index contributed by atoms with van der Waals surface area (Å²) in [5.74, 6) is -0.247. The average molecular weight is 512 g/mol. The average Bonchev–Trinajstić information content (AvgIpc) is 3.37. The number of hydrogen-bond donors (Lipinski definition) is 0. The Balaban J connectivity index is 1.20. The van der Waals surface area contributed by atoms with Crippen molar-refractivity contribution < 1.29 is 14.0 Å². The van der Waals surface area contributed by atoms with E-state index in [9.17, 15) is 14.0 Å². The summed E-state index contributed by atoms with van der Waals surface area (Å²) in [7, 11) is 0. The lowest BCUT2D eigenvalue weighted by Crippen LogP contribution is -2.49. The van der Waals surface area contributed by atoms with Crippen molar-refractivity contribution in [2.75, 3.05) is 37.6 Å².